The van der Waals surface area contributed by atoms with Crippen molar-refractivity contribution >= 4 is 11.9 Å². The average Bonchev–Trinajstić information content (AvgIpc) is 3.27. The molecule has 120 valence electrons. The van der Waals surface area contributed by atoms with Gasteiger partial charge in [-0.05, 0) is 31.1 Å². The fraction of sp³-hybridized carbons (Fsp3) is 0.882. The maximum Gasteiger partial charge on any atom is 0.305 e. The lowest BCUT2D eigenvalue weighted by Gasteiger charge is -2.31. The molecule has 0 aromatic carbocycles. The average molecular weight is 295 g/mol. The van der Waals surface area contributed by atoms with Gasteiger partial charge in [-0.2, -0.15) is 0 Å². The van der Waals surface area contributed by atoms with Gasteiger partial charge in [0.1, 0.15) is 0 Å². The minimum Gasteiger partial charge on any atom is -0.481 e. The SMILES string of the molecule is CCC(CC)(CC(=O)O)NC(=O)C1CC1C1CCCCC1. The quantitative estimate of drug-likeness (QED) is 0.757. The summed E-state index contributed by atoms with van der Waals surface area (Å²) >= 11 is 0. The lowest BCUT2D eigenvalue weighted by Crippen LogP contribution is -2.49. The van der Waals surface area contributed by atoms with Crippen LogP contribution in [0.15, 0.2) is 0 Å². The predicted octanol–water partition coefficient (Wildman–Crippen LogP) is 3.35. The largest absolute Gasteiger partial charge is 0.481 e. The smallest absolute Gasteiger partial charge is 0.305 e. The van der Waals surface area contributed by atoms with E-state index in [1.165, 1.54) is 32.1 Å². The van der Waals surface area contributed by atoms with Crippen LogP contribution in [0.4, 0.5) is 0 Å². The van der Waals surface area contributed by atoms with Crippen molar-refractivity contribution in [1.29, 1.82) is 0 Å². The van der Waals surface area contributed by atoms with Gasteiger partial charge in [-0.15, -0.1) is 0 Å². The monoisotopic (exact) mass is 295 g/mol. The molecule has 0 spiro atoms. The van der Waals surface area contributed by atoms with Crippen LogP contribution >= 0.6 is 0 Å². The third kappa shape index (κ3) is 3.98. The van der Waals surface area contributed by atoms with Gasteiger partial charge in [0, 0.05) is 11.5 Å². The number of carboxylic acids is 1. The van der Waals surface area contributed by atoms with Crippen molar-refractivity contribution in [3.63, 3.8) is 0 Å². The fourth-order valence-corrected chi connectivity index (χ4v) is 3.96. The first-order valence-electron chi connectivity index (χ1n) is 8.55. The molecular weight excluding hydrogens is 266 g/mol. The number of carbonyl (C=O) groups excluding carboxylic acids is 1. The van der Waals surface area contributed by atoms with Crippen LogP contribution in [0.2, 0.25) is 0 Å². The number of amides is 1. The van der Waals surface area contributed by atoms with E-state index in [0.29, 0.717) is 18.8 Å². The summed E-state index contributed by atoms with van der Waals surface area (Å²) < 4.78 is 0. The molecule has 21 heavy (non-hydrogen) atoms. The molecule has 2 rings (SSSR count). The van der Waals surface area contributed by atoms with Gasteiger partial charge in [0.05, 0.1) is 6.42 Å². The maximum atomic E-state index is 12.5. The Morgan fingerprint density at radius 2 is 1.76 bits per heavy atom. The van der Waals surface area contributed by atoms with Gasteiger partial charge in [0.25, 0.3) is 0 Å². The lowest BCUT2D eigenvalue weighted by molar-refractivity contribution is -0.139. The van der Waals surface area contributed by atoms with Crippen molar-refractivity contribution in [2.75, 3.05) is 0 Å². The zero-order chi connectivity index (χ0) is 15.5. The molecule has 0 aromatic rings. The standard InChI is InChI=1S/C17H29NO3/c1-3-17(4-2,11-15(19)20)18-16(21)14-10-13(14)12-8-6-5-7-9-12/h12-14H,3-11H2,1-2H3,(H,18,21)(H,19,20). The van der Waals surface area contributed by atoms with Crippen molar-refractivity contribution in [2.24, 2.45) is 17.8 Å². The molecule has 0 radical (unpaired) electrons. The Balaban J connectivity index is 1.89. The fourth-order valence-electron chi connectivity index (χ4n) is 3.96. The third-order valence-corrected chi connectivity index (χ3v) is 5.66. The predicted molar refractivity (Wildman–Crippen MR) is 81.9 cm³/mol. The highest BCUT2D eigenvalue weighted by atomic mass is 16.4. The number of carbonyl (C=O) groups is 2. The molecule has 4 nitrogen and oxygen atoms in total. The van der Waals surface area contributed by atoms with Gasteiger partial charge in [0.15, 0.2) is 0 Å². The molecule has 2 aliphatic rings. The third-order valence-electron chi connectivity index (χ3n) is 5.66. The normalized spacial score (nSPS) is 26.4. The second kappa shape index (κ2) is 6.80. The van der Waals surface area contributed by atoms with E-state index < -0.39 is 11.5 Å². The number of hydrogen-bond acceptors (Lipinski definition) is 2. The Morgan fingerprint density at radius 1 is 1.14 bits per heavy atom. The van der Waals surface area contributed by atoms with Crippen molar-refractivity contribution < 1.29 is 14.7 Å². The van der Waals surface area contributed by atoms with Crippen LogP contribution in [-0.4, -0.2) is 22.5 Å². The molecule has 2 aliphatic carbocycles. The molecule has 0 saturated heterocycles. The number of aliphatic carboxylic acids is 1. The van der Waals surface area contributed by atoms with E-state index in [1.54, 1.807) is 0 Å². The molecule has 0 bridgehead atoms. The number of hydrogen-bond donors (Lipinski definition) is 2. The Kier molecular flexibility index (Phi) is 5.28. The van der Waals surface area contributed by atoms with Gasteiger partial charge >= 0.3 is 5.97 Å². The second-order valence-corrected chi connectivity index (χ2v) is 6.95. The van der Waals surface area contributed by atoms with E-state index in [-0.39, 0.29) is 18.2 Å². The minimum absolute atomic E-state index is 0.0204. The zero-order valence-electron chi connectivity index (χ0n) is 13.4. The van der Waals surface area contributed by atoms with Gasteiger partial charge in [-0.1, -0.05) is 46.0 Å². The van der Waals surface area contributed by atoms with Gasteiger partial charge in [0.2, 0.25) is 5.91 Å². The summed E-state index contributed by atoms with van der Waals surface area (Å²) in [7, 11) is 0. The first-order valence-corrected chi connectivity index (χ1v) is 8.55. The molecule has 0 aromatic heterocycles. The summed E-state index contributed by atoms with van der Waals surface area (Å²) in [5, 5.41) is 12.2. The van der Waals surface area contributed by atoms with Crippen molar-refractivity contribution in [2.45, 2.75) is 77.2 Å². The molecule has 2 unspecified atom stereocenters. The van der Waals surface area contributed by atoms with E-state index in [0.717, 1.165) is 12.3 Å². The highest BCUT2D eigenvalue weighted by Crippen LogP contribution is 2.49. The highest BCUT2D eigenvalue weighted by Gasteiger charge is 2.48. The summed E-state index contributed by atoms with van der Waals surface area (Å²) in [6, 6.07) is 0. The highest BCUT2D eigenvalue weighted by molar-refractivity contribution is 5.83. The van der Waals surface area contributed by atoms with Crippen LogP contribution < -0.4 is 5.32 Å². The summed E-state index contributed by atoms with van der Waals surface area (Å²) in [6.07, 6.45) is 8.87. The van der Waals surface area contributed by atoms with Crippen LogP contribution in [0.3, 0.4) is 0 Å². The van der Waals surface area contributed by atoms with Crippen molar-refractivity contribution in [3.8, 4) is 0 Å². The van der Waals surface area contributed by atoms with Crippen molar-refractivity contribution in [1.82, 2.24) is 5.32 Å². The Hall–Kier alpha value is -1.06. The number of nitrogens with one attached hydrogen (secondary N) is 1. The summed E-state index contributed by atoms with van der Waals surface area (Å²) in [5.41, 5.74) is -0.567. The van der Waals surface area contributed by atoms with Crippen LogP contribution in [0.25, 0.3) is 0 Å². The number of carboxylic acid groups (broad SMARTS) is 1. The zero-order valence-corrected chi connectivity index (χ0v) is 13.4. The molecular formula is C17H29NO3. The Labute approximate surface area is 127 Å². The summed E-state index contributed by atoms with van der Waals surface area (Å²) in [6.45, 7) is 3.91. The van der Waals surface area contributed by atoms with Gasteiger partial charge in [-0.25, -0.2) is 0 Å². The molecule has 2 saturated carbocycles. The first-order chi connectivity index (χ1) is 10.0. The van der Waals surface area contributed by atoms with Crippen LogP contribution in [0, 0.1) is 17.8 Å². The molecule has 0 heterocycles. The molecule has 2 atom stereocenters. The molecule has 4 heteroatoms. The molecule has 2 N–H and O–H groups in total. The number of rotatable bonds is 7. The lowest BCUT2D eigenvalue weighted by atomic mass is 9.84. The second-order valence-electron chi connectivity index (χ2n) is 6.95. The Morgan fingerprint density at radius 3 is 2.29 bits per heavy atom. The van der Waals surface area contributed by atoms with E-state index >= 15 is 0 Å². The van der Waals surface area contributed by atoms with Crippen LogP contribution in [0.5, 0.6) is 0 Å². The summed E-state index contributed by atoms with van der Waals surface area (Å²) in [4.78, 5) is 23.5. The molecule has 2 fully saturated rings. The van der Waals surface area contributed by atoms with Crippen molar-refractivity contribution in [3.05, 3.63) is 0 Å². The van der Waals surface area contributed by atoms with Gasteiger partial charge in [-0.3, -0.25) is 9.59 Å². The first kappa shape index (κ1) is 16.3. The molecule has 1 amide bonds. The van der Waals surface area contributed by atoms with Gasteiger partial charge < -0.3 is 10.4 Å². The Bertz CT molecular complexity index is 383. The van der Waals surface area contributed by atoms with E-state index in [2.05, 4.69) is 5.32 Å². The van der Waals surface area contributed by atoms with Crippen LogP contribution in [0.1, 0.15) is 71.6 Å². The minimum atomic E-state index is -0.835. The van der Waals surface area contributed by atoms with E-state index in [4.69, 9.17) is 5.11 Å². The topological polar surface area (TPSA) is 66.4 Å². The van der Waals surface area contributed by atoms with Crippen LogP contribution in [-0.2, 0) is 9.59 Å². The molecule has 0 aliphatic heterocycles. The maximum absolute atomic E-state index is 12.5. The summed E-state index contributed by atoms with van der Waals surface area (Å²) in [5.74, 6) is 0.682. The van der Waals surface area contributed by atoms with E-state index in [1.807, 2.05) is 13.8 Å². The van der Waals surface area contributed by atoms with E-state index in [9.17, 15) is 9.59 Å².